The van der Waals surface area contributed by atoms with Gasteiger partial charge in [0.2, 0.25) is 0 Å². The van der Waals surface area contributed by atoms with Crippen LogP contribution in [-0.2, 0) is 16.1 Å². The number of nitrogens with zero attached hydrogens (tertiary/aromatic N) is 1. The molecule has 3 heteroatoms. The van der Waals surface area contributed by atoms with Gasteiger partial charge in [-0.1, -0.05) is 30.3 Å². The molecule has 0 saturated carbocycles. The highest BCUT2D eigenvalue weighted by molar-refractivity contribution is 5.75. The monoisotopic (exact) mass is 221 g/mol. The lowest BCUT2D eigenvalue weighted by molar-refractivity contribution is -0.148. The molecule has 1 atom stereocenters. The minimum absolute atomic E-state index is 0.166. The summed E-state index contributed by atoms with van der Waals surface area (Å²) < 4.78 is 4.98. The number of likely N-dealkylation sites (N-methyl/N-ethyl adjacent to an activating group) is 1. The standard InChI is InChI=1S/C13H19NO2/c1-4-16-13(15)11(2)14(3)10-12-8-6-5-7-9-12/h5-9,11H,4,10H2,1-3H3/t11-/m1/s1. The van der Waals surface area contributed by atoms with Crippen LogP contribution in [0, 0.1) is 0 Å². The molecule has 16 heavy (non-hydrogen) atoms. The van der Waals surface area contributed by atoms with Crippen LogP contribution in [0.25, 0.3) is 0 Å². The first-order valence-corrected chi connectivity index (χ1v) is 5.56. The Bertz CT molecular complexity index is 324. The molecule has 0 radical (unpaired) electrons. The summed E-state index contributed by atoms with van der Waals surface area (Å²) in [5.41, 5.74) is 1.20. The summed E-state index contributed by atoms with van der Waals surface area (Å²) in [5.74, 6) is -0.166. The maximum absolute atomic E-state index is 11.5. The van der Waals surface area contributed by atoms with E-state index in [0.717, 1.165) is 6.54 Å². The van der Waals surface area contributed by atoms with Gasteiger partial charge < -0.3 is 4.74 Å². The van der Waals surface area contributed by atoms with Crippen molar-refractivity contribution in [3.63, 3.8) is 0 Å². The zero-order valence-corrected chi connectivity index (χ0v) is 10.1. The summed E-state index contributed by atoms with van der Waals surface area (Å²) in [7, 11) is 1.93. The van der Waals surface area contributed by atoms with Gasteiger partial charge in [0.05, 0.1) is 6.61 Å². The molecule has 1 aromatic rings. The Morgan fingerprint density at radius 2 is 2.00 bits per heavy atom. The third-order valence-electron chi connectivity index (χ3n) is 2.56. The van der Waals surface area contributed by atoms with Gasteiger partial charge in [-0.3, -0.25) is 9.69 Å². The number of rotatable bonds is 5. The molecule has 1 aromatic carbocycles. The number of carbonyl (C=O) groups excluding carboxylic acids is 1. The van der Waals surface area contributed by atoms with Crippen molar-refractivity contribution >= 4 is 5.97 Å². The third kappa shape index (κ3) is 3.66. The van der Waals surface area contributed by atoms with Crippen LogP contribution in [0.5, 0.6) is 0 Å². The molecule has 0 aliphatic carbocycles. The summed E-state index contributed by atoms with van der Waals surface area (Å²) in [4.78, 5) is 13.5. The minimum atomic E-state index is -0.208. The summed E-state index contributed by atoms with van der Waals surface area (Å²) in [5, 5.41) is 0. The lowest BCUT2D eigenvalue weighted by Gasteiger charge is -2.22. The molecule has 0 aliphatic heterocycles. The summed E-state index contributed by atoms with van der Waals surface area (Å²) in [6.07, 6.45) is 0. The lowest BCUT2D eigenvalue weighted by atomic mass is 10.2. The van der Waals surface area contributed by atoms with E-state index >= 15 is 0 Å². The van der Waals surface area contributed by atoms with Gasteiger partial charge in [0, 0.05) is 6.54 Å². The Hall–Kier alpha value is -1.35. The van der Waals surface area contributed by atoms with Crippen LogP contribution in [0.2, 0.25) is 0 Å². The van der Waals surface area contributed by atoms with Gasteiger partial charge in [-0.2, -0.15) is 0 Å². The molecule has 3 nitrogen and oxygen atoms in total. The molecule has 1 rings (SSSR count). The van der Waals surface area contributed by atoms with Crippen molar-refractivity contribution in [2.45, 2.75) is 26.4 Å². The van der Waals surface area contributed by atoms with Crippen molar-refractivity contribution in [2.24, 2.45) is 0 Å². The number of esters is 1. The van der Waals surface area contributed by atoms with Crippen LogP contribution < -0.4 is 0 Å². The van der Waals surface area contributed by atoms with Gasteiger partial charge in [-0.15, -0.1) is 0 Å². The first kappa shape index (κ1) is 12.7. The Balaban J connectivity index is 2.52. The average molecular weight is 221 g/mol. The topological polar surface area (TPSA) is 29.5 Å². The highest BCUT2D eigenvalue weighted by atomic mass is 16.5. The van der Waals surface area contributed by atoms with E-state index in [1.54, 1.807) is 0 Å². The molecule has 0 unspecified atom stereocenters. The van der Waals surface area contributed by atoms with Crippen LogP contribution >= 0.6 is 0 Å². The molecule has 0 spiro atoms. The normalized spacial score (nSPS) is 12.5. The Morgan fingerprint density at radius 1 is 1.38 bits per heavy atom. The number of benzene rings is 1. The van der Waals surface area contributed by atoms with E-state index < -0.39 is 0 Å². The third-order valence-corrected chi connectivity index (χ3v) is 2.56. The van der Waals surface area contributed by atoms with Crippen molar-refractivity contribution in [1.29, 1.82) is 0 Å². The second-order valence-corrected chi connectivity index (χ2v) is 3.83. The van der Waals surface area contributed by atoms with E-state index in [9.17, 15) is 4.79 Å². The number of hydrogen-bond acceptors (Lipinski definition) is 3. The smallest absolute Gasteiger partial charge is 0.323 e. The average Bonchev–Trinajstić information content (AvgIpc) is 2.29. The van der Waals surface area contributed by atoms with Crippen LogP contribution in [0.1, 0.15) is 19.4 Å². The molecule has 88 valence electrons. The molecule has 0 fully saturated rings. The zero-order valence-electron chi connectivity index (χ0n) is 10.1. The molecular weight excluding hydrogens is 202 g/mol. The maximum Gasteiger partial charge on any atom is 0.323 e. The Morgan fingerprint density at radius 3 is 2.56 bits per heavy atom. The maximum atomic E-state index is 11.5. The molecule has 0 saturated heterocycles. The van der Waals surface area contributed by atoms with Crippen molar-refractivity contribution in [3.05, 3.63) is 35.9 Å². The molecule has 0 bridgehead atoms. The van der Waals surface area contributed by atoms with Gasteiger partial charge in [0.15, 0.2) is 0 Å². The van der Waals surface area contributed by atoms with Crippen LogP contribution in [-0.4, -0.2) is 30.6 Å². The van der Waals surface area contributed by atoms with E-state index in [0.29, 0.717) is 6.61 Å². The fraction of sp³-hybridized carbons (Fsp3) is 0.462. The first-order valence-electron chi connectivity index (χ1n) is 5.56. The van der Waals surface area contributed by atoms with Crippen molar-refractivity contribution in [3.8, 4) is 0 Å². The molecular formula is C13H19NO2. The second-order valence-electron chi connectivity index (χ2n) is 3.83. The first-order chi connectivity index (χ1) is 7.65. The lowest BCUT2D eigenvalue weighted by Crippen LogP contribution is -2.36. The van der Waals surface area contributed by atoms with Gasteiger partial charge in [-0.05, 0) is 26.5 Å². The van der Waals surface area contributed by atoms with E-state index in [1.807, 2.05) is 56.1 Å². The molecule has 0 heterocycles. The van der Waals surface area contributed by atoms with Crippen molar-refractivity contribution in [2.75, 3.05) is 13.7 Å². The Kier molecular flexibility index (Phi) is 4.99. The van der Waals surface area contributed by atoms with Crippen molar-refractivity contribution in [1.82, 2.24) is 4.90 Å². The molecule has 0 amide bonds. The van der Waals surface area contributed by atoms with E-state index in [-0.39, 0.29) is 12.0 Å². The van der Waals surface area contributed by atoms with Crippen molar-refractivity contribution < 1.29 is 9.53 Å². The SMILES string of the molecule is CCOC(=O)[C@@H](C)N(C)Cc1ccccc1. The fourth-order valence-corrected chi connectivity index (χ4v) is 1.45. The van der Waals surface area contributed by atoms with Gasteiger partial charge >= 0.3 is 5.97 Å². The van der Waals surface area contributed by atoms with Gasteiger partial charge in [0.25, 0.3) is 0 Å². The zero-order chi connectivity index (χ0) is 12.0. The second kappa shape index (κ2) is 6.28. The van der Waals surface area contributed by atoms with Gasteiger partial charge in [0.1, 0.15) is 6.04 Å². The summed E-state index contributed by atoms with van der Waals surface area (Å²) in [6.45, 7) is 4.87. The largest absolute Gasteiger partial charge is 0.465 e. The highest BCUT2D eigenvalue weighted by Gasteiger charge is 2.18. The van der Waals surface area contributed by atoms with Gasteiger partial charge in [-0.25, -0.2) is 0 Å². The molecule has 0 aliphatic rings. The van der Waals surface area contributed by atoms with E-state index in [4.69, 9.17) is 4.74 Å². The number of hydrogen-bond donors (Lipinski definition) is 0. The number of ether oxygens (including phenoxy) is 1. The fourth-order valence-electron chi connectivity index (χ4n) is 1.45. The highest BCUT2D eigenvalue weighted by Crippen LogP contribution is 2.06. The van der Waals surface area contributed by atoms with E-state index in [2.05, 4.69) is 0 Å². The van der Waals surface area contributed by atoms with Crippen LogP contribution in [0.3, 0.4) is 0 Å². The van der Waals surface area contributed by atoms with Crippen LogP contribution in [0.4, 0.5) is 0 Å². The predicted octanol–water partition coefficient (Wildman–Crippen LogP) is 2.07. The quantitative estimate of drug-likeness (QED) is 0.713. The van der Waals surface area contributed by atoms with E-state index in [1.165, 1.54) is 5.56 Å². The number of carbonyl (C=O) groups is 1. The van der Waals surface area contributed by atoms with Crippen LogP contribution in [0.15, 0.2) is 30.3 Å². The molecule has 0 N–H and O–H groups in total. The molecule has 0 aromatic heterocycles. The predicted molar refractivity (Wildman–Crippen MR) is 64.0 cm³/mol. The minimum Gasteiger partial charge on any atom is -0.465 e. The summed E-state index contributed by atoms with van der Waals surface area (Å²) in [6, 6.07) is 9.87. The Labute approximate surface area is 97.0 Å². The summed E-state index contributed by atoms with van der Waals surface area (Å²) >= 11 is 0.